The molecular formula is C16H21NOS. The van der Waals surface area contributed by atoms with E-state index in [9.17, 15) is 5.11 Å². The molecule has 0 radical (unpaired) electrons. The second kappa shape index (κ2) is 7.43. The lowest BCUT2D eigenvalue weighted by atomic mass is 9.98. The van der Waals surface area contributed by atoms with Gasteiger partial charge in [0, 0.05) is 6.54 Å². The summed E-state index contributed by atoms with van der Waals surface area (Å²) < 4.78 is 0. The highest BCUT2D eigenvalue weighted by atomic mass is 32.1. The van der Waals surface area contributed by atoms with Crippen molar-refractivity contribution in [2.75, 3.05) is 13.1 Å². The zero-order chi connectivity index (χ0) is 13.5. The molecule has 0 saturated heterocycles. The molecule has 2 unspecified atom stereocenters. The Labute approximate surface area is 119 Å². The van der Waals surface area contributed by atoms with Crippen LogP contribution < -0.4 is 5.32 Å². The van der Waals surface area contributed by atoms with E-state index in [0.717, 1.165) is 18.5 Å². The number of rotatable bonds is 7. The molecule has 3 heteroatoms. The maximum Gasteiger partial charge on any atom is 0.0922 e. The second-order valence-corrected chi connectivity index (χ2v) is 5.66. The summed E-state index contributed by atoms with van der Waals surface area (Å²) in [4.78, 5) is 0. The lowest BCUT2D eigenvalue weighted by Gasteiger charge is -2.14. The molecule has 0 aliphatic carbocycles. The van der Waals surface area contributed by atoms with Crippen LogP contribution in [0.5, 0.6) is 0 Å². The van der Waals surface area contributed by atoms with Gasteiger partial charge in [-0.1, -0.05) is 37.3 Å². The molecular weight excluding hydrogens is 254 g/mol. The van der Waals surface area contributed by atoms with Crippen LogP contribution in [0.4, 0.5) is 0 Å². The highest BCUT2D eigenvalue weighted by Gasteiger charge is 2.08. The fourth-order valence-electron chi connectivity index (χ4n) is 2.09. The minimum Gasteiger partial charge on any atom is -0.387 e. The van der Waals surface area contributed by atoms with Gasteiger partial charge in [-0.15, -0.1) is 0 Å². The van der Waals surface area contributed by atoms with Crippen LogP contribution in [0.2, 0.25) is 0 Å². The van der Waals surface area contributed by atoms with Gasteiger partial charge in [0.15, 0.2) is 0 Å². The lowest BCUT2D eigenvalue weighted by molar-refractivity contribution is 0.175. The van der Waals surface area contributed by atoms with Crippen LogP contribution in [-0.2, 0) is 0 Å². The molecule has 19 heavy (non-hydrogen) atoms. The van der Waals surface area contributed by atoms with Gasteiger partial charge >= 0.3 is 0 Å². The van der Waals surface area contributed by atoms with Crippen molar-refractivity contribution in [1.29, 1.82) is 0 Å². The van der Waals surface area contributed by atoms with Gasteiger partial charge in [0.25, 0.3) is 0 Å². The van der Waals surface area contributed by atoms with Crippen molar-refractivity contribution in [2.45, 2.75) is 25.4 Å². The first-order chi connectivity index (χ1) is 9.27. The number of thiophene rings is 1. The molecule has 2 aromatic rings. The molecule has 0 spiro atoms. The third-order valence-electron chi connectivity index (χ3n) is 3.39. The van der Waals surface area contributed by atoms with E-state index in [1.54, 1.807) is 11.3 Å². The Kier molecular flexibility index (Phi) is 5.58. The van der Waals surface area contributed by atoms with Crippen molar-refractivity contribution in [2.24, 2.45) is 0 Å². The SMILES string of the molecule is CC(CCNCC(O)c1ccsc1)c1ccccc1. The summed E-state index contributed by atoms with van der Waals surface area (Å²) in [7, 11) is 0. The van der Waals surface area contributed by atoms with Crippen LogP contribution in [0.25, 0.3) is 0 Å². The van der Waals surface area contributed by atoms with Crippen molar-refractivity contribution in [1.82, 2.24) is 5.32 Å². The van der Waals surface area contributed by atoms with Crippen LogP contribution in [0.3, 0.4) is 0 Å². The quantitative estimate of drug-likeness (QED) is 0.757. The Balaban J connectivity index is 1.67. The predicted octanol–water partition coefficient (Wildman–Crippen LogP) is 3.56. The molecule has 0 aliphatic heterocycles. The molecule has 0 aliphatic rings. The normalized spacial score (nSPS) is 14.2. The average Bonchev–Trinajstić information content (AvgIpc) is 2.98. The first kappa shape index (κ1) is 14.3. The minimum atomic E-state index is -0.390. The number of aliphatic hydroxyl groups excluding tert-OH is 1. The van der Waals surface area contributed by atoms with Gasteiger partial charge in [0.2, 0.25) is 0 Å². The maximum absolute atomic E-state index is 9.94. The van der Waals surface area contributed by atoms with E-state index in [4.69, 9.17) is 0 Å². The maximum atomic E-state index is 9.94. The van der Waals surface area contributed by atoms with E-state index in [0.29, 0.717) is 12.5 Å². The minimum absolute atomic E-state index is 0.390. The monoisotopic (exact) mass is 275 g/mol. The number of benzene rings is 1. The molecule has 0 bridgehead atoms. The summed E-state index contributed by atoms with van der Waals surface area (Å²) in [6.07, 6.45) is 0.693. The van der Waals surface area contributed by atoms with Crippen LogP contribution in [0.1, 0.15) is 36.5 Å². The largest absolute Gasteiger partial charge is 0.387 e. The molecule has 1 heterocycles. The Morgan fingerprint density at radius 1 is 1.16 bits per heavy atom. The van der Waals surface area contributed by atoms with Gasteiger partial charge in [-0.25, -0.2) is 0 Å². The number of hydrogen-bond donors (Lipinski definition) is 2. The summed E-state index contributed by atoms with van der Waals surface area (Å²) in [6, 6.07) is 12.5. The Morgan fingerprint density at radius 2 is 1.95 bits per heavy atom. The van der Waals surface area contributed by atoms with Gasteiger partial charge in [-0.2, -0.15) is 11.3 Å². The summed E-state index contributed by atoms with van der Waals surface area (Å²) in [5, 5.41) is 17.3. The van der Waals surface area contributed by atoms with E-state index in [1.807, 2.05) is 22.9 Å². The zero-order valence-corrected chi connectivity index (χ0v) is 12.1. The number of hydrogen-bond acceptors (Lipinski definition) is 3. The summed E-state index contributed by atoms with van der Waals surface area (Å²) in [5.41, 5.74) is 2.39. The molecule has 0 saturated carbocycles. The third-order valence-corrected chi connectivity index (χ3v) is 4.09. The van der Waals surface area contributed by atoms with E-state index in [1.165, 1.54) is 5.56 Å². The van der Waals surface area contributed by atoms with Crippen LogP contribution in [0.15, 0.2) is 47.2 Å². The molecule has 0 fully saturated rings. The molecule has 1 aromatic carbocycles. The van der Waals surface area contributed by atoms with Crippen molar-refractivity contribution < 1.29 is 5.11 Å². The highest BCUT2D eigenvalue weighted by molar-refractivity contribution is 7.07. The van der Waals surface area contributed by atoms with Gasteiger partial charge in [0.05, 0.1) is 6.10 Å². The van der Waals surface area contributed by atoms with Crippen molar-refractivity contribution in [3.05, 3.63) is 58.3 Å². The van der Waals surface area contributed by atoms with Crippen LogP contribution in [-0.4, -0.2) is 18.2 Å². The highest BCUT2D eigenvalue weighted by Crippen LogP contribution is 2.18. The van der Waals surface area contributed by atoms with E-state index >= 15 is 0 Å². The molecule has 0 amide bonds. The standard InChI is InChI=1S/C16H21NOS/c1-13(14-5-3-2-4-6-14)7-9-17-11-16(18)15-8-10-19-12-15/h2-6,8,10,12-13,16-18H,7,9,11H2,1H3. The van der Waals surface area contributed by atoms with E-state index in [2.05, 4.69) is 36.5 Å². The molecule has 102 valence electrons. The van der Waals surface area contributed by atoms with Crippen LogP contribution in [0, 0.1) is 0 Å². The molecule has 1 aromatic heterocycles. The Bertz CT molecular complexity index is 455. The molecule has 2 atom stereocenters. The smallest absolute Gasteiger partial charge is 0.0922 e. The van der Waals surface area contributed by atoms with Gasteiger partial charge in [-0.3, -0.25) is 0 Å². The second-order valence-electron chi connectivity index (χ2n) is 4.88. The van der Waals surface area contributed by atoms with Crippen molar-refractivity contribution >= 4 is 11.3 Å². The molecule has 2 rings (SSSR count). The molecule has 2 N–H and O–H groups in total. The Hall–Kier alpha value is -1.16. The average molecular weight is 275 g/mol. The van der Waals surface area contributed by atoms with Crippen LogP contribution >= 0.6 is 11.3 Å². The third kappa shape index (κ3) is 4.46. The summed E-state index contributed by atoms with van der Waals surface area (Å²) >= 11 is 1.62. The number of aliphatic hydroxyl groups is 1. The van der Waals surface area contributed by atoms with E-state index in [-0.39, 0.29) is 0 Å². The lowest BCUT2D eigenvalue weighted by Crippen LogP contribution is -2.23. The fraction of sp³-hybridized carbons (Fsp3) is 0.375. The Morgan fingerprint density at radius 3 is 2.63 bits per heavy atom. The number of nitrogens with one attached hydrogen (secondary N) is 1. The van der Waals surface area contributed by atoms with Gasteiger partial charge < -0.3 is 10.4 Å². The first-order valence-corrected chi connectivity index (χ1v) is 7.67. The van der Waals surface area contributed by atoms with Crippen molar-refractivity contribution in [3.8, 4) is 0 Å². The summed E-state index contributed by atoms with van der Waals surface area (Å²) in [6.45, 7) is 3.79. The zero-order valence-electron chi connectivity index (χ0n) is 11.3. The molecule has 2 nitrogen and oxygen atoms in total. The summed E-state index contributed by atoms with van der Waals surface area (Å²) in [5.74, 6) is 0.548. The van der Waals surface area contributed by atoms with Gasteiger partial charge in [0.1, 0.15) is 0 Å². The van der Waals surface area contributed by atoms with Crippen molar-refractivity contribution in [3.63, 3.8) is 0 Å². The predicted molar refractivity (Wildman–Crippen MR) is 81.6 cm³/mol. The van der Waals surface area contributed by atoms with E-state index < -0.39 is 6.10 Å². The fourth-order valence-corrected chi connectivity index (χ4v) is 2.80. The topological polar surface area (TPSA) is 32.3 Å². The first-order valence-electron chi connectivity index (χ1n) is 6.73. The van der Waals surface area contributed by atoms with Gasteiger partial charge in [-0.05, 0) is 46.8 Å².